The summed E-state index contributed by atoms with van der Waals surface area (Å²) in [5.74, 6) is -1.24. The maximum atomic E-state index is 12.2. The smallest absolute Gasteiger partial charge is 0.188 e. The van der Waals surface area contributed by atoms with Crippen LogP contribution in [0.15, 0.2) is 35.2 Å². The Balaban J connectivity index is 2.35. The van der Waals surface area contributed by atoms with Crippen molar-refractivity contribution in [2.75, 3.05) is 5.75 Å². The fourth-order valence-corrected chi connectivity index (χ4v) is 5.11. The Labute approximate surface area is 135 Å². The zero-order valence-electron chi connectivity index (χ0n) is 9.77. The number of carbonyl (C=O) groups excluding carboxylic acids is 1. The summed E-state index contributed by atoms with van der Waals surface area (Å²) in [5, 5.41) is -0.0102. The molecule has 0 unspecified atom stereocenters. The number of sulfone groups is 1. The second kappa shape index (κ2) is 6.03. The number of halogens is 3. The number of hydrogen-bond acceptors (Lipinski definition) is 4. The molecule has 0 saturated heterocycles. The lowest BCUT2D eigenvalue weighted by Crippen LogP contribution is -2.16. The van der Waals surface area contributed by atoms with Crippen LogP contribution in [0.5, 0.6) is 0 Å². The van der Waals surface area contributed by atoms with Gasteiger partial charge in [-0.1, -0.05) is 40.9 Å². The van der Waals surface area contributed by atoms with E-state index in [-0.39, 0.29) is 19.8 Å². The summed E-state index contributed by atoms with van der Waals surface area (Å²) in [6.45, 7) is 0. The third-order valence-electron chi connectivity index (χ3n) is 2.40. The molecule has 2 aromatic rings. The van der Waals surface area contributed by atoms with Gasteiger partial charge in [0, 0.05) is 0 Å². The molecule has 0 aliphatic carbocycles. The van der Waals surface area contributed by atoms with E-state index in [4.69, 9.17) is 34.8 Å². The van der Waals surface area contributed by atoms with E-state index >= 15 is 0 Å². The van der Waals surface area contributed by atoms with Crippen molar-refractivity contribution in [3.05, 3.63) is 49.6 Å². The quantitative estimate of drug-likeness (QED) is 0.752. The van der Waals surface area contributed by atoms with Crippen LogP contribution in [0.3, 0.4) is 0 Å². The third-order valence-corrected chi connectivity index (χ3v) is 6.23. The lowest BCUT2D eigenvalue weighted by atomic mass is 10.3. The van der Waals surface area contributed by atoms with Crippen molar-refractivity contribution in [2.45, 2.75) is 4.90 Å². The van der Waals surface area contributed by atoms with Crippen molar-refractivity contribution < 1.29 is 13.2 Å². The molecule has 1 heterocycles. The molecule has 0 amide bonds. The predicted octanol–water partition coefficient (Wildman–Crippen LogP) is 4.36. The SMILES string of the molecule is O=C(CS(=O)(=O)c1c(Cl)cccc1Cl)c1ccc(Cl)s1. The average molecular weight is 370 g/mol. The lowest BCUT2D eigenvalue weighted by molar-refractivity contribution is 0.102. The van der Waals surface area contributed by atoms with Crippen LogP contribution in [0.2, 0.25) is 14.4 Å². The molecule has 0 fully saturated rings. The fraction of sp³-hybridized carbons (Fsp3) is 0.0833. The van der Waals surface area contributed by atoms with E-state index in [1.54, 1.807) is 0 Å². The van der Waals surface area contributed by atoms with Gasteiger partial charge in [-0.3, -0.25) is 4.79 Å². The van der Waals surface area contributed by atoms with Crippen LogP contribution in [-0.2, 0) is 9.84 Å². The molecule has 8 heteroatoms. The Kier molecular flexibility index (Phi) is 4.76. The Bertz CT molecular complexity index is 746. The summed E-state index contributed by atoms with van der Waals surface area (Å²) in [5.41, 5.74) is 0. The second-order valence-electron chi connectivity index (χ2n) is 3.84. The molecule has 0 atom stereocenters. The molecule has 0 saturated carbocycles. The van der Waals surface area contributed by atoms with Gasteiger partial charge in [-0.25, -0.2) is 8.42 Å². The first kappa shape index (κ1) is 15.8. The van der Waals surface area contributed by atoms with E-state index in [1.807, 2.05) is 0 Å². The zero-order chi connectivity index (χ0) is 14.9. The van der Waals surface area contributed by atoms with Crippen molar-refractivity contribution in [1.82, 2.24) is 0 Å². The van der Waals surface area contributed by atoms with Crippen molar-refractivity contribution >= 4 is 61.8 Å². The molecular weight excluding hydrogens is 363 g/mol. The number of rotatable bonds is 4. The standard InChI is InChI=1S/C12H7Cl3O3S2/c13-7-2-1-3-8(14)12(7)20(17,18)6-9(16)10-4-5-11(15)19-10/h1-5H,6H2. The summed E-state index contributed by atoms with van der Waals surface area (Å²) in [6.07, 6.45) is 0. The molecule has 2 rings (SSSR count). The average Bonchev–Trinajstić information content (AvgIpc) is 2.74. The maximum Gasteiger partial charge on any atom is 0.188 e. The van der Waals surface area contributed by atoms with Gasteiger partial charge in [0.1, 0.15) is 10.6 Å². The first-order valence-corrected chi connectivity index (χ1v) is 8.87. The van der Waals surface area contributed by atoms with Gasteiger partial charge in [-0.2, -0.15) is 0 Å². The van der Waals surface area contributed by atoms with Crippen LogP contribution in [0, 0.1) is 0 Å². The van der Waals surface area contributed by atoms with Crippen LogP contribution in [-0.4, -0.2) is 20.0 Å². The van der Waals surface area contributed by atoms with Crippen LogP contribution < -0.4 is 0 Å². The number of hydrogen-bond donors (Lipinski definition) is 0. The van der Waals surface area contributed by atoms with E-state index < -0.39 is 21.4 Å². The minimum atomic E-state index is -3.91. The molecule has 0 radical (unpaired) electrons. The summed E-state index contributed by atoms with van der Waals surface area (Å²) in [4.78, 5) is 12.0. The molecule has 106 valence electrons. The van der Waals surface area contributed by atoms with Crippen LogP contribution >= 0.6 is 46.1 Å². The normalized spacial score (nSPS) is 11.6. The molecule has 20 heavy (non-hydrogen) atoms. The van der Waals surface area contributed by atoms with Gasteiger partial charge in [0.2, 0.25) is 0 Å². The summed E-state index contributed by atoms with van der Waals surface area (Å²) >= 11 is 18.5. The van der Waals surface area contributed by atoms with Gasteiger partial charge in [0.25, 0.3) is 0 Å². The van der Waals surface area contributed by atoms with Gasteiger partial charge in [0.05, 0.1) is 19.3 Å². The van der Waals surface area contributed by atoms with Crippen LogP contribution in [0.1, 0.15) is 9.67 Å². The van der Waals surface area contributed by atoms with Crippen molar-refractivity contribution in [3.8, 4) is 0 Å². The molecule has 1 aromatic heterocycles. The molecule has 0 aliphatic rings. The number of carbonyl (C=O) groups is 1. The van der Waals surface area contributed by atoms with E-state index in [1.165, 1.54) is 30.3 Å². The van der Waals surface area contributed by atoms with E-state index in [0.717, 1.165) is 11.3 Å². The van der Waals surface area contributed by atoms with Gasteiger partial charge in [0.15, 0.2) is 15.6 Å². The van der Waals surface area contributed by atoms with E-state index in [0.29, 0.717) is 4.34 Å². The Morgan fingerprint density at radius 2 is 1.65 bits per heavy atom. The largest absolute Gasteiger partial charge is 0.292 e. The molecule has 0 bridgehead atoms. The lowest BCUT2D eigenvalue weighted by Gasteiger charge is -2.07. The maximum absolute atomic E-state index is 12.2. The van der Waals surface area contributed by atoms with Gasteiger partial charge in [-0.05, 0) is 24.3 Å². The minimum absolute atomic E-state index is 0.00508. The Hall–Kier alpha value is -0.590. The summed E-state index contributed by atoms with van der Waals surface area (Å²) in [6, 6.07) is 7.37. The fourth-order valence-electron chi connectivity index (χ4n) is 1.56. The Morgan fingerprint density at radius 3 is 2.15 bits per heavy atom. The van der Waals surface area contributed by atoms with E-state index in [2.05, 4.69) is 0 Å². The summed E-state index contributed by atoms with van der Waals surface area (Å²) < 4.78 is 24.9. The highest BCUT2D eigenvalue weighted by molar-refractivity contribution is 7.92. The zero-order valence-corrected chi connectivity index (χ0v) is 13.7. The Morgan fingerprint density at radius 1 is 1.05 bits per heavy atom. The number of Topliss-reactive ketones (excluding diaryl/α,β-unsaturated/α-hetero) is 1. The number of benzene rings is 1. The van der Waals surface area contributed by atoms with Crippen molar-refractivity contribution in [3.63, 3.8) is 0 Å². The van der Waals surface area contributed by atoms with Gasteiger partial charge in [-0.15, -0.1) is 11.3 Å². The number of thiophene rings is 1. The van der Waals surface area contributed by atoms with Crippen LogP contribution in [0.25, 0.3) is 0 Å². The molecule has 1 aromatic carbocycles. The highest BCUT2D eigenvalue weighted by Gasteiger charge is 2.26. The predicted molar refractivity (Wildman–Crippen MR) is 82.2 cm³/mol. The topological polar surface area (TPSA) is 51.2 Å². The molecule has 0 spiro atoms. The van der Waals surface area contributed by atoms with Crippen molar-refractivity contribution in [1.29, 1.82) is 0 Å². The van der Waals surface area contributed by atoms with Gasteiger partial charge < -0.3 is 0 Å². The molecule has 0 aliphatic heterocycles. The first-order valence-electron chi connectivity index (χ1n) is 5.26. The highest BCUT2D eigenvalue weighted by atomic mass is 35.5. The molecular formula is C12H7Cl3O3S2. The molecule has 3 nitrogen and oxygen atoms in total. The van der Waals surface area contributed by atoms with Crippen molar-refractivity contribution in [2.24, 2.45) is 0 Å². The monoisotopic (exact) mass is 368 g/mol. The first-order chi connectivity index (χ1) is 9.31. The minimum Gasteiger partial charge on any atom is -0.292 e. The van der Waals surface area contributed by atoms with Crippen LogP contribution in [0.4, 0.5) is 0 Å². The molecule has 0 N–H and O–H groups in total. The third kappa shape index (κ3) is 3.35. The highest BCUT2D eigenvalue weighted by Crippen LogP contribution is 2.31. The van der Waals surface area contributed by atoms with Gasteiger partial charge >= 0.3 is 0 Å². The van der Waals surface area contributed by atoms with E-state index in [9.17, 15) is 13.2 Å². The number of ketones is 1. The summed E-state index contributed by atoms with van der Waals surface area (Å²) in [7, 11) is -3.91. The second-order valence-corrected chi connectivity index (χ2v) is 8.29.